The Balaban J connectivity index is 1.91. The largest absolute Gasteiger partial charge is 0.496 e. The molecule has 3 N–H and O–H groups in total. The van der Waals surface area contributed by atoms with Gasteiger partial charge >= 0.3 is 0 Å². The van der Waals surface area contributed by atoms with Gasteiger partial charge in [-0.1, -0.05) is 36.4 Å². The lowest BCUT2D eigenvalue weighted by atomic mass is 10.1. The molecule has 0 fully saturated rings. The smallest absolute Gasteiger partial charge is 0.229 e. The van der Waals surface area contributed by atoms with E-state index in [2.05, 4.69) is 20.3 Å². The van der Waals surface area contributed by atoms with Crippen LogP contribution in [0.2, 0.25) is 0 Å². The Morgan fingerprint density at radius 2 is 1.70 bits per heavy atom. The molecule has 8 heteroatoms. The number of para-hydroxylation sites is 2. The van der Waals surface area contributed by atoms with Crippen molar-refractivity contribution in [2.45, 2.75) is 13.0 Å². The zero-order chi connectivity index (χ0) is 19.7. The Kier molecular flexibility index (Phi) is 7.48. The van der Waals surface area contributed by atoms with Crippen LogP contribution in [-0.2, 0) is 23.0 Å². The molecule has 2 aromatic rings. The molecule has 0 bridgehead atoms. The van der Waals surface area contributed by atoms with Gasteiger partial charge in [0.1, 0.15) is 5.75 Å². The van der Waals surface area contributed by atoms with E-state index in [4.69, 9.17) is 4.74 Å². The molecule has 2 aromatic carbocycles. The van der Waals surface area contributed by atoms with Crippen molar-refractivity contribution in [1.82, 2.24) is 10.6 Å². The fraction of sp³-hybridized carbons (Fsp3) is 0.316. The molecule has 0 saturated carbocycles. The number of rotatable bonds is 8. The summed E-state index contributed by atoms with van der Waals surface area (Å²) in [5.74, 6) is 1.50. The second-order valence-corrected chi connectivity index (χ2v) is 7.69. The molecular formula is C19H26N4O3S. The van der Waals surface area contributed by atoms with Gasteiger partial charge in [-0.2, -0.15) is 0 Å². The first-order chi connectivity index (χ1) is 12.9. The van der Waals surface area contributed by atoms with Gasteiger partial charge in [0.15, 0.2) is 5.96 Å². The quantitative estimate of drug-likeness (QED) is 0.473. The highest BCUT2D eigenvalue weighted by Gasteiger charge is 2.08. The molecular weight excluding hydrogens is 364 g/mol. The maximum absolute atomic E-state index is 11.5. The van der Waals surface area contributed by atoms with Gasteiger partial charge < -0.3 is 15.4 Å². The lowest BCUT2D eigenvalue weighted by Crippen LogP contribution is -2.38. The maximum atomic E-state index is 11.5. The van der Waals surface area contributed by atoms with Crippen LogP contribution in [0, 0.1) is 0 Å². The summed E-state index contributed by atoms with van der Waals surface area (Å²) in [4.78, 5) is 4.21. The van der Waals surface area contributed by atoms with Gasteiger partial charge in [0.25, 0.3) is 0 Å². The van der Waals surface area contributed by atoms with Crippen molar-refractivity contribution in [2.75, 3.05) is 31.7 Å². The zero-order valence-corrected chi connectivity index (χ0v) is 16.6. The van der Waals surface area contributed by atoms with Crippen LogP contribution in [0.1, 0.15) is 11.1 Å². The molecule has 0 aliphatic rings. The highest BCUT2D eigenvalue weighted by atomic mass is 32.2. The lowest BCUT2D eigenvalue weighted by molar-refractivity contribution is 0.409. The average Bonchev–Trinajstić information content (AvgIpc) is 2.64. The number of ether oxygens (including phenoxy) is 1. The molecule has 0 radical (unpaired) electrons. The van der Waals surface area contributed by atoms with Gasteiger partial charge in [0, 0.05) is 20.1 Å². The molecule has 0 amide bonds. The predicted molar refractivity (Wildman–Crippen MR) is 110 cm³/mol. The zero-order valence-electron chi connectivity index (χ0n) is 15.8. The van der Waals surface area contributed by atoms with E-state index in [1.54, 1.807) is 26.3 Å². The molecule has 0 aliphatic carbocycles. The van der Waals surface area contributed by atoms with Gasteiger partial charge in [0.2, 0.25) is 10.0 Å². The number of hydrogen-bond acceptors (Lipinski definition) is 4. The number of sulfonamides is 1. The Morgan fingerprint density at radius 1 is 1.04 bits per heavy atom. The van der Waals surface area contributed by atoms with E-state index in [-0.39, 0.29) is 0 Å². The van der Waals surface area contributed by atoms with E-state index in [1.807, 2.05) is 36.4 Å². The summed E-state index contributed by atoms with van der Waals surface area (Å²) >= 11 is 0. The van der Waals surface area contributed by atoms with E-state index >= 15 is 0 Å². The first-order valence-electron chi connectivity index (χ1n) is 8.55. The number of nitrogens with one attached hydrogen (secondary N) is 3. The molecule has 27 heavy (non-hydrogen) atoms. The van der Waals surface area contributed by atoms with Gasteiger partial charge in [-0.15, -0.1) is 0 Å². The fourth-order valence-electron chi connectivity index (χ4n) is 2.60. The predicted octanol–water partition coefficient (Wildman–Crippen LogP) is 1.97. The number of nitrogens with zero attached hydrogens (tertiary/aromatic N) is 1. The second kappa shape index (κ2) is 9.82. The van der Waals surface area contributed by atoms with E-state index in [1.165, 1.54) is 0 Å². The minimum absolute atomic E-state index is 0.438. The number of benzene rings is 2. The van der Waals surface area contributed by atoms with Gasteiger partial charge in [-0.3, -0.25) is 9.71 Å². The molecule has 0 atom stereocenters. The first kappa shape index (κ1) is 20.6. The molecule has 0 aromatic heterocycles. The Morgan fingerprint density at radius 3 is 2.37 bits per heavy atom. The highest BCUT2D eigenvalue weighted by molar-refractivity contribution is 7.92. The maximum Gasteiger partial charge on any atom is 0.229 e. The summed E-state index contributed by atoms with van der Waals surface area (Å²) in [5, 5.41) is 6.45. The monoisotopic (exact) mass is 390 g/mol. The summed E-state index contributed by atoms with van der Waals surface area (Å²) in [6.45, 7) is 1.12. The van der Waals surface area contributed by atoms with E-state index in [0.717, 1.165) is 29.6 Å². The van der Waals surface area contributed by atoms with Crippen molar-refractivity contribution in [3.63, 3.8) is 0 Å². The van der Waals surface area contributed by atoms with Crippen molar-refractivity contribution in [3.8, 4) is 5.75 Å². The summed E-state index contributed by atoms with van der Waals surface area (Å²) in [6, 6.07) is 15.1. The van der Waals surface area contributed by atoms with Crippen LogP contribution in [-0.4, -0.2) is 41.3 Å². The molecule has 0 aliphatic heterocycles. The third-order valence-electron chi connectivity index (χ3n) is 3.86. The molecule has 146 valence electrons. The molecule has 7 nitrogen and oxygen atoms in total. The average molecular weight is 391 g/mol. The summed E-state index contributed by atoms with van der Waals surface area (Å²) in [7, 11) is 0.0242. The molecule has 0 saturated heterocycles. The van der Waals surface area contributed by atoms with Crippen LogP contribution in [0.25, 0.3) is 0 Å². The topological polar surface area (TPSA) is 91.8 Å². The fourth-order valence-corrected chi connectivity index (χ4v) is 3.20. The van der Waals surface area contributed by atoms with E-state index in [9.17, 15) is 8.42 Å². The van der Waals surface area contributed by atoms with Crippen LogP contribution < -0.4 is 20.1 Å². The van der Waals surface area contributed by atoms with Gasteiger partial charge in [-0.25, -0.2) is 8.42 Å². The molecule has 0 spiro atoms. The Labute approximate surface area is 160 Å². The first-order valence-corrected chi connectivity index (χ1v) is 10.4. The van der Waals surface area contributed by atoms with Crippen molar-refractivity contribution >= 4 is 21.7 Å². The third kappa shape index (κ3) is 6.82. The number of aliphatic imine (C=N–C) groups is 1. The lowest BCUT2D eigenvalue weighted by Gasteiger charge is -2.15. The molecule has 2 rings (SSSR count). The van der Waals surface area contributed by atoms with Crippen LogP contribution in [0.15, 0.2) is 53.5 Å². The minimum atomic E-state index is -3.33. The molecule has 0 heterocycles. The van der Waals surface area contributed by atoms with Crippen LogP contribution in [0.3, 0.4) is 0 Å². The standard InChI is InChI=1S/C19H26N4O3S/c1-20-19(21-13-12-15-8-5-7-11-18(15)26-2)22-14-16-9-4-6-10-17(16)23-27(3,24)25/h4-11,23H,12-14H2,1-3H3,(H2,20,21,22). The summed E-state index contributed by atoms with van der Waals surface area (Å²) in [5.41, 5.74) is 2.50. The summed E-state index contributed by atoms with van der Waals surface area (Å²) < 4.78 is 30.9. The SMILES string of the molecule is CN=C(NCCc1ccccc1OC)NCc1ccccc1NS(C)(=O)=O. The number of anilines is 1. The van der Waals surface area contributed by atoms with Gasteiger partial charge in [-0.05, 0) is 29.7 Å². The number of guanidine groups is 1. The third-order valence-corrected chi connectivity index (χ3v) is 4.45. The highest BCUT2D eigenvalue weighted by Crippen LogP contribution is 2.17. The van der Waals surface area contributed by atoms with Crippen LogP contribution >= 0.6 is 0 Å². The normalized spacial score (nSPS) is 11.7. The summed E-state index contributed by atoms with van der Waals surface area (Å²) in [6.07, 6.45) is 1.92. The number of methoxy groups -OCH3 is 1. The van der Waals surface area contributed by atoms with E-state index in [0.29, 0.717) is 24.7 Å². The van der Waals surface area contributed by atoms with Crippen molar-refractivity contribution in [2.24, 2.45) is 4.99 Å². The van der Waals surface area contributed by atoms with Crippen molar-refractivity contribution in [1.29, 1.82) is 0 Å². The van der Waals surface area contributed by atoms with E-state index < -0.39 is 10.0 Å². The van der Waals surface area contributed by atoms with Crippen LogP contribution in [0.4, 0.5) is 5.69 Å². The Hall–Kier alpha value is -2.74. The second-order valence-electron chi connectivity index (χ2n) is 5.95. The van der Waals surface area contributed by atoms with Crippen molar-refractivity contribution in [3.05, 3.63) is 59.7 Å². The Bertz CT molecular complexity index is 882. The molecule has 0 unspecified atom stereocenters. The minimum Gasteiger partial charge on any atom is -0.496 e. The van der Waals surface area contributed by atoms with Crippen molar-refractivity contribution < 1.29 is 13.2 Å². The van der Waals surface area contributed by atoms with Crippen LogP contribution in [0.5, 0.6) is 5.75 Å². The number of hydrogen-bond donors (Lipinski definition) is 3. The van der Waals surface area contributed by atoms with Gasteiger partial charge in [0.05, 0.1) is 19.1 Å².